The Labute approximate surface area is 101 Å². The Morgan fingerprint density at radius 1 is 0.938 bits per heavy atom. The van der Waals surface area contributed by atoms with Crippen molar-refractivity contribution in [2.24, 2.45) is 11.8 Å². The van der Waals surface area contributed by atoms with Gasteiger partial charge in [-0.1, -0.05) is 47.0 Å². The zero-order valence-electron chi connectivity index (χ0n) is 11.4. The van der Waals surface area contributed by atoms with Gasteiger partial charge in [0.05, 0.1) is 0 Å². The molecule has 0 saturated heterocycles. The highest BCUT2D eigenvalue weighted by molar-refractivity contribution is 5.49. The number of carbonyl (C=O) groups excluding carboxylic acids is 2. The maximum Gasteiger partial charge on any atom is 0.120 e. The monoisotopic (exact) mass is 228 g/mol. The van der Waals surface area contributed by atoms with E-state index in [2.05, 4.69) is 27.7 Å². The minimum Gasteiger partial charge on any atom is -0.303 e. The zero-order valence-corrected chi connectivity index (χ0v) is 11.4. The van der Waals surface area contributed by atoms with Crippen molar-refractivity contribution in [3.05, 3.63) is 0 Å². The molecule has 0 N–H and O–H groups in total. The van der Waals surface area contributed by atoms with E-state index < -0.39 is 0 Å². The third-order valence-electron chi connectivity index (χ3n) is 2.78. The Bertz CT molecular complexity index is 153. The summed E-state index contributed by atoms with van der Waals surface area (Å²) in [7, 11) is 0. The molecule has 2 nitrogen and oxygen atoms in total. The van der Waals surface area contributed by atoms with Crippen LogP contribution in [0.1, 0.15) is 66.2 Å². The van der Waals surface area contributed by atoms with Crippen LogP contribution in [0.3, 0.4) is 0 Å². The van der Waals surface area contributed by atoms with Crippen LogP contribution in [0.25, 0.3) is 0 Å². The van der Waals surface area contributed by atoms with Gasteiger partial charge in [0.15, 0.2) is 0 Å². The molecule has 0 aromatic heterocycles. The second kappa shape index (κ2) is 14.3. The quantitative estimate of drug-likeness (QED) is 0.464. The van der Waals surface area contributed by atoms with Crippen molar-refractivity contribution in [1.82, 2.24) is 0 Å². The minimum atomic E-state index is 0.549. The first-order valence-electron chi connectivity index (χ1n) is 6.47. The van der Waals surface area contributed by atoms with Crippen molar-refractivity contribution < 1.29 is 9.59 Å². The highest BCUT2D eigenvalue weighted by Gasteiger charge is 2.03. The van der Waals surface area contributed by atoms with E-state index in [-0.39, 0.29) is 0 Å². The Morgan fingerprint density at radius 2 is 1.56 bits per heavy atom. The molecular weight excluding hydrogens is 200 g/mol. The first-order chi connectivity index (χ1) is 7.59. The van der Waals surface area contributed by atoms with Gasteiger partial charge in [-0.05, 0) is 18.3 Å². The number of hydrogen-bond acceptors (Lipinski definition) is 2. The van der Waals surface area contributed by atoms with E-state index in [9.17, 15) is 9.59 Å². The molecule has 0 saturated carbocycles. The number of rotatable bonds is 8. The summed E-state index contributed by atoms with van der Waals surface area (Å²) in [5.74, 6) is 1.19. The molecule has 0 aliphatic rings. The van der Waals surface area contributed by atoms with E-state index >= 15 is 0 Å². The molecule has 0 radical (unpaired) electrons. The van der Waals surface area contributed by atoms with Crippen LogP contribution in [-0.4, -0.2) is 12.6 Å². The Balaban J connectivity index is 0. The summed E-state index contributed by atoms with van der Waals surface area (Å²) in [6, 6.07) is 0. The zero-order chi connectivity index (χ0) is 12.8. The predicted octanol–water partition coefficient (Wildman–Crippen LogP) is 4.02. The average molecular weight is 228 g/mol. The maximum absolute atomic E-state index is 9.92. The molecule has 0 fully saturated rings. The van der Waals surface area contributed by atoms with Crippen LogP contribution in [-0.2, 0) is 9.59 Å². The molecule has 0 rings (SSSR count). The molecule has 96 valence electrons. The summed E-state index contributed by atoms with van der Waals surface area (Å²) in [4.78, 5) is 19.7. The predicted molar refractivity (Wildman–Crippen MR) is 69.5 cm³/mol. The SMILES string of the molecule is CC(C)C(C)CC=O.CCCCCCC=O. The standard InChI is InChI=1S/2C7H14O/c1-6(2)7(3)4-5-8;1-2-3-4-5-6-7-8/h5-7H,4H2,1-3H3;7H,2-6H2,1H3. The van der Waals surface area contributed by atoms with E-state index in [0.29, 0.717) is 18.3 Å². The summed E-state index contributed by atoms with van der Waals surface area (Å²) in [5.41, 5.74) is 0. The minimum absolute atomic E-state index is 0.549. The number of carbonyl (C=O) groups is 2. The van der Waals surface area contributed by atoms with Crippen LogP contribution in [0.4, 0.5) is 0 Å². The highest BCUT2D eigenvalue weighted by atomic mass is 16.1. The van der Waals surface area contributed by atoms with Gasteiger partial charge in [0, 0.05) is 12.8 Å². The maximum atomic E-state index is 9.92. The molecule has 0 amide bonds. The molecule has 0 spiro atoms. The van der Waals surface area contributed by atoms with Crippen molar-refractivity contribution in [2.75, 3.05) is 0 Å². The molecule has 16 heavy (non-hydrogen) atoms. The smallest absolute Gasteiger partial charge is 0.120 e. The van der Waals surface area contributed by atoms with E-state index in [1.165, 1.54) is 19.3 Å². The third kappa shape index (κ3) is 15.8. The van der Waals surface area contributed by atoms with Crippen LogP contribution in [0.5, 0.6) is 0 Å². The van der Waals surface area contributed by atoms with Crippen molar-refractivity contribution in [3.8, 4) is 0 Å². The highest BCUT2D eigenvalue weighted by Crippen LogP contribution is 2.11. The summed E-state index contributed by atoms with van der Waals surface area (Å²) < 4.78 is 0. The van der Waals surface area contributed by atoms with Crippen LogP contribution < -0.4 is 0 Å². The summed E-state index contributed by atoms with van der Waals surface area (Å²) in [5, 5.41) is 0. The number of hydrogen-bond donors (Lipinski definition) is 0. The lowest BCUT2D eigenvalue weighted by Crippen LogP contribution is -2.03. The van der Waals surface area contributed by atoms with Crippen LogP contribution in [0, 0.1) is 11.8 Å². The van der Waals surface area contributed by atoms with E-state index in [4.69, 9.17) is 0 Å². The molecular formula is C14H28O2. The van der Waals surface area contributed by atoms with Gasteiger partial charge < -0.3 is 9.59 Å². The van der Waals surface area contributed by atoms with Crippen molar-refractivity contribution in [1.29, 1.82) is 0 Å². The van der Waals surface area contributed by atoms with Gasteiger partial charge in [0.25, 0.3) is 0 Å². The van der Waals surface area contributed by atoms with Crippen molar-refractivity contribution in [3.63, 3.8) is 0 Å². The Hall–Kier alpha value is -0.660. The normalized spacial score (nSPS) is 11.6. The van der Waals surface area contributed by atoms with Gasteiger partial charge in [-0.2, -0.15) is 0 Å². The van der Waals surface area contributed by atoms with E-state index in [1.807, 2.05) is 0 Å². The van der Waals surface area contributed by atoms with Gasteiger partial charge in [-0.3, -0.25) is 0 Å². The first-order valence-corrected chi connectivity index (χ1v) is 6.47. The Morgan fingerprint density at radius 3 is 1.88 bits per heavy atom. The number of unbranched alkanes of at least 4 members (excludes halogenated alkanes) is 4. The summed E-state index contributed by atoms with van der Waals surface area (Å²) in [6.45, 7) is 8.53. The largest absolute Gasteiger partial charge is 0.303 e. The van der Waals surface area contributed by atoms with Gasteiger partial charge in [-0.15, -0.1) is 0 Å². The average Bonchev–Trinajstić information content (AvgIpc) is 2.26. The van der Waals surface area contributed by atoms with Gasteiger partial charge >= 0.3 is 0 Å². The van der Waals surface area contributed by atoms with Crippen LogP contribution in [0.15, 0.2) is 0 Å². The molecule has 0 aromatic rings. The molecule has 2 heteroatoms. The molecule has 0 aliphatic heterocycles. The topological polar surface area (TPSA) is 34.1 Å². The lowest BCUT2D eigenvalue weighted by atomic mass is 9.96. The second-order valence-corrected chi connectivity index (χ2v) is 4.64. The van der Waals surface area contributed by atoms with Gasteiger partial charge in [-0.25, -0.2) is 0 Å². The van der Waals surface area contributed by atoms with E-state index in [1.54, 1.807) is 0 Å². The molecule has 0 bridgehead atoms. The summed E-state index contributed by atoms with van der Waals surface area (Å²) in [6.07, 6.45) is 8.26. The van der Waals surface area contributed by atoms with Crippen LogP contribution in [0.2, 0.25) is 0 Å². The number of aldehydes is 2. The fourth-order valence-electron chi connectivity index (χ4n) is 1.08. The van der Waals surface area contributed by atoms with Crippen molar-refractivity contribution >= 4 is 12.6 Å². The lowest BCUT2D eigenvalue weighted by molar-refractivity contribution is -0.109. The lowest BCUT2D eigenvalue weighted by Gasteiger charge is -2.09. The molecule has 0 aliphatic carbocycles. The fourth-order valence-corrected chi connectivity index (χ4v) is 1.08. The molecule has 0 heterocycles. The van der Waals surface area contributed by atoms with Gasteiger partial charge in [0.1, 0.15) is 12.6 Å². The van der Waals surface area contributed by atoms with E-state index in [0.717, 1.165) is 25.4 Å². The second-order valence-electron chi connectivity index (χ2n) is 4.64. The fraction of sp³-hybridized carbons (Fsp3) is 0.857. The first kappa shape index (κ1) is 17.7. The molecule has 1 atom stereocenters. The van der Waals surface area contributed by atoms with Crippen molar-refractivity contribution in [2.45, 2.75) is 66.2 Å². The third-order valence-corrected chi connectivity index (χ3v) is 2.78. The van der Waals surface area contributed by atoms with Crippen LogP contribution >= 0.6 is 0 Å². The van der Waals surface area contributed by atoms with Gasteiger partial charge in [0.2, 0.25) is 0 Å². The molecule has 0 aromatic carbocycles. The molecule has 1 unspecified atom stereocenters. The Kier molecular flexibility index (Phi) is 15.9. The summed E-state index contributed by atoms with van der Waals surface area (Å²) >= 11 is 0.